The van der Waals surface area contributed by atoms with Gasteiger partial charge in [-0.2, -0.15) is 4.98 Å². The Morgan fingerprint density at radius 2 is 2.00 bits per heavy atom. The Bertz CT molecular complexity index is 643. The fourth-order valence-electron chi connectivity index (χ4n) is 2.22. The summed E-state index contributed by atoms with van der Waals surface area (Å²) in [5.74, 6) is 0.714. The molecule has 0 saturated heterocycles. The Kier molecular flexibility index (Phi) is 3.02. The second kappa shape index (κ2) is 4.85. The normalized spacial score (nSPS) is 17.6. The van der Waals surface area contributed by atoms with Gasteiger partial charge in [-0.25, -0.2) is 0 Å². The number of pyridine rings is 1. The van der Waals surface area contributed by atoms with E-state index in [-0.39, 0.29) is 5.91 Å². The van der Waals surface area contributed by atoms with Crippen LogP contribution in [0.1, 0.15) is 12.5 Å². The van der Waals surface area contributed by atoms with E-state index in [9.17, 15) is 4.79 Å². The summed E-state index contributed by atoms with van der Waals surface area (Å²) in [6.45, 7) is 2.21. The average Bonchev–Trinajstić information content (AvgIpc) is 2.45. The molecule has 1 aromatic carbocycles. The summed E-state index contributed by atoms with van der Waals surface area (Å²) >= 11 is 0. The highest BCUT2D eigenvalue weighted by Crippen LogP contribution is 2.33. The van der Waals surface area contributed by atoms with Crippen LogP contribution < -0.4 is 15.4 Å². The number of anilines is 2. The molecule has 0 unspecified atom stereocenters. The molecule has 1 amide bonds. The molecule has 1 aromatic heterocycles. The van der Waals surface area contributed by atoms with Gasteiger partial charge in [-0.3, -0.25) is 9.69 Å². The van der Waals surface area contributed by atoms with Gasteiger partial charge in [0, 0.05) is 0 Å². The van der Waals surface area contributed by atoms with Crippen molar-refractivity contribution in [3.8, 4) is 5.88 Å². The molecule has 0 fully saturated rings. The molecule has 5 heteroatoms. The summed E-state index contributed by atoms with van der Waals surface area (Å²) in [4.78, 5) is 18.2. The molecule has 2 N–H and O–H groups in total. The smallest absolute Gasteiger partial charge is 0.268 e. The Hall–Kier alpha value is -2.56. The maximum absolute atomic E-state index is 12.3. The summed E-state index contributed by atoms with van der Waals surface area (Å²) in [7, 11) is 0. The van der Waals surface area contributed by atoms with Crippen LogP contribution in [0.2, 0.25) is 0 Å². The van der Waals surface area contributed by atoms with Gasteiger partial charge in [-0.15, -0.1) is 0 Å². The van der Waals surface area contributed by atoms with Crippen molar-refractivity contribution < 1.29 is 9.53 Å². The van der Waals surface area contributed by atoms with Crippen molar-refractivity contribution in [2.24, 2.45) is 0 Å². The molecule has 2 aromatic rings. The molecule has 1 aliphatic rings. The zero-order valence-electron chi connectivity index (χ0n) is 11.1. The van der Waals surface area contributed by atoms with Gasteiger partial charge < -0.3 is 10.5 Å². The van der Waals surface area contributed by atoms with Crippen molar-refractivity contribution in [1.82, 2.24) is 4.98 Å². The number of amides is 1. The zero-order valence-corrected chi connectivity index (χ0v) is 11.1. The predicted octanol–water partition coefficient (Wildman–Crippen LogP) is 1.98. The summed E-state index contributed by atoms with van der Waals surface area (Å²) < 4.78 is 5.51. The first-order chi connectivity index (χ1) is 9.65. The van der Waals surface area contributed by atoms with Crippen molar-refractivity contribution in [2.45, 2.75) is 19.6 Å². The molecular weight excluding hydrogens is 254 g/mol. The number of hydrogen-bond acceptors (Lipinski definition) is 4. The molecule has 0 aliphatic carbocycles. The second-order valence-corrected chi connectivity index (χ2v) is 4.73. The van der Waals surface area contributed by atoms with Crippen LogP contribution in [-0.4, -0.2) is 17.0 Å². The van der Waals surface area contributed by atoms with Crippen LogP contribution >= 0.6 is 0 Å². The highest BCUT2D eigenvalue weighted by molar-refractivity contribution is 5.99. The second-order valence-electron chi connectivity index (χ2n) is 4.73. The van der Waals surface area contributed by atoms with Crippen LogP contribution in [0, 0.1) is 0 Å². The fraction of sp³-hybridized carbons (Fsp3) is 0.200. The first-order valence-corrected chi connectivity index (χ1v) is 6.43. The van der Waals surface area contributed by atoms with Crippen molar-refractivity contribution in [3.63, 3.8) is 0 Å². The SMILES string of the molecule is C[C@H]1Oc2nc(N)ccc2N(Cc2ccccc2)C1=O. The largest absolute Gasteiger partial charge is 0.463 e. The number of ether oxygens (including phenoxy) is 1. The van der Waals surface area contributed by atoms with E-state index in [0.717, 1.165) is 5.56 Å². The molecule has 3 rings (SSSR count). The third kappa shape index (κ3) is 2.18. The first-order valence-electron chi connectivity index (χ1n) is 6.43. The fourth-order valence-corrected chi connectivity index (χ4v) is 2.22. The third-order valence-electron chi connectivity index (χ3n) is 3.24. The molecule has 5 nitrogen and oxygen atoms in total. The molecule has 0 bridgehead atoms. The lowest BCUT2D eigenvalue weighted by Gasteiger charge is -2.32. The molecule has 20 heavy (non-hydrogen) atoms. The Morgan fingerprint density at radius 1 is 1.25 bits per heavy atom. The number of fused-ring (bicyclic) bond motifs is 1. The van der Waals surface area contributed by atoms with E-state index in [1.807, 2.05) is 30.3 Å². The van der Waals surface area contributed by atoms with Gasteiger partial charge in [0.25, 0.3) is 5.91 Å². The molecule has 0 saturated carbocycles. The van der Waals surface area contributed by atoms with E-state index in [0.29, 0.717) is 23.9 Å². The number of nitrogens with zero attached hydrogens (tertiary/aromatic N) is 2. The van der Waals surface area contributed by atoms with E-state index < -0.39 is 6.10 Å². The monoisotopic (exact) mass is 269 g/mol. The standard InChI is InChI=1S/C15H15N3O2/c1-10-15(19)18(9-11-5-3-2-4-6-11)12-7-8-13(16)17-14(12)20-10/h2-8,10H,9H2,1H3,(H2,16,17)/t10-/m1/s1. The number of aromatic nitrogens is 1. The molecule has 0 radical (unpaired) electrons. The number of carbonyl (C=O) groups is 1. The lowest BCUT2D eigenvalue weighted by Crippen LogP contribution is -2.44. The van der Waals surface area contributed by atoms with Crippen LogP contribution in [-0.2, 0) is 11.3 Å². The number of nitrogens with two attached hydrogens (primary N) is 1. The van der Waals surface area contributed by atoms with Crippen LogP contribution in [0.5, 0.6) is 5.88 Å². The van der Waals surface area contributed by atoms with E-state index >= 15 is 0 Å². The predicted molar refractivity (Wildman–Crippen MR) is 76.4 cm³/mol. The minimum atomic E-state index is -0.555. The van der Waals surface area contributed by atoms with Crippen molar-refractivity contribution in [2.75, 3.05) is 10.6 Å². The number of nitrogen functional groups attached to an aromatic ring is 1. The highest BCUT2D eigenvalue weighted by Gasteiger charge is 2.32. The number of rotatable bonds is 2. The van der Waals surface area contributed by atoms with Gasteiger partial charge >= 0.3 is 0 Å². The maximum Gasteiger partial charge on any atom is 0.268 e. The molecule has 1 aliphatic heterocycles. The van der Waals surface area contributed by atoms with Crippen LogP contribution in [0.15, 0.2) is 42.5 Å². The van der Waals surface area contributed by atoms with Gasteiger partial charge in [-0.1, -0.05) is 30.3 Å². The molecular formula is C15H15N3O2. The Morgan fingerprint density at radius 3 is 2.75 bits per heavy atom. The zero-order chi connectivity index (χ0) is 14.1. The summed E-state index contributed by atoms with van der Waals surface area (Å²) in [6.07, 6.45) is -0.555. The van der Waals surface area contributed by atoms with E-state index in [1.54, 1.807) is 24.0 Å². The highest BCUT2D eigenvalue weighted by atomic mass is 16.5. The average molecular weight is 269 g/mol. The van der Waals surface area contributed by atoms with Crippen LogP contribution in [0.4, 0.5) is 11.5 Å². The summed E-state index contributed by atoms with van der Waals surface area (Å²) in [5.41, 5.74) is 7.38. The number of benzene rings is 1. The lowest BCUT2D eigenvalue weighted by atomic mass is 10.1. The number of hydrogen-bond donors (Lipinski definition) is 1. The van der Waals surface area contributed by atoms with Gasteiger partial charge in [0.15, 0.2) is 6.10 Å². The minimum absolute atomic E-state index is 0.0760. The molecule has 1 atom stereocenters. The number of carbonyl (C=O) groups excluding carboxylic acids is 1. The molecule has 102 valence electrons. The van der Waals surface area contributed by atoms with Gasteiger partial charge in [0.1, 0.15) is 11.5 Å². The van der Waals surface area contributed by atoms with Gasteiger partial charge in [-0.05, 0) is 24.6 Å². The Balaban J connectivity index is 1.99. The van der Waals surface area contributed by atoms with Crippen molar-refractivity contribution in [3.05, 3.63) is 48.0 Å². The Labute approximate surface area is 117 Å². The quantitative estimate of drug-likeness (QED) is 0.905. The van der Waals surface area contributed by atoms with E-state index in [4.69, 9.17) is 10.5 Å². The molecule has 2 heterocycles. The lowest BCUT2D eigenvalue weighted by molar-refractivity contribution is -0.125. The summed E-state index contributed by atoms with van der Waals surface area (Å²) in [5, 5.41) is 0. The summed E-state index contributed by atoms with van der Waals surface area (Å²) in [6, 6.07) is 13.3. The van der Waals surface area contributed by atoms with Gasteiger partial charge in [0.05, 0.1) is 6.54 Å². The maximum atomic E-state index is 12.3. The van der Waals surface area contributed by atoms with Crippen molar-refractivity contribution in [1.29, 1.82) is 0 Å². The van der Waals surface area contributed by atoms with Crippen LogP contribution in [0.25, 0.3) is 0 Å². The van der Waals surface area contributed by atoms with Crippen molar-refractivity contribution >= 4 is 17.4 Å². The van der Waals surface area contributed by atoms with Crippen LogP contribution in [0.3, 0.4) is 0 Å². The minimum Gasteiger partial charge on any atom is -0.463 e. The topological polar surface area (TPSA) is 68.5 Å². The van der Waals surface area contributed by atoms with E-state index in [1.165, 1.54) is 0 Å². The third-order valence-corrected chi connectivity index (χ3v) is 3.24. The van der Waals surface area contributed by atoms with E-state index in [2.05, 4.69) is 4.98 Å². The first kappa shape index (κ1) is 12.5. The van der Waals surface area contributed by atoms with Gasteiger partial charge in [0.2, 0.25) is 5.88 Å². The molecule has 0 spiro atoms.